The fourth-order valence-corrected chi connectivity index (χ4v) is 11.8. The lowest BCUT2D eigenvalue weighted by molar-refractivity contribution is 0.0697. The van der Waals surface area contributed by atoms with Crippen molar-refractivity contribution in [3.63, 3.8) is 0 Å². The average Bonchev–Trinajstić information content (AvgIpc) is 3.51. The van der Waals surface area contributed by atoms with E-state index in [9.17, 15) is 5.11 Å². The Morgan fingerprint density at radius 1 is 0.980 bits per heavy atom. The van der Waals surface area contributed by atoms with Crippen LogP contribution < -0.4 is 11.5 Å². The van der Waals surface area contributed by atoms with Gasteiger partial charge in [0.25, 0.3) is 0 Å². The molecule has 2 aromatic rings. The van der Waals surface area contributed by atoms with E-state index < -0.39 is 13.4 Å². The van der Waals surface area contributed by atoms with Gasteiger partial charge in [0.15, 0.2) is 21.1 Å². The van der Waals surface area contributed by atoms with E-state index in [1.807, 2.05) is 25.1 Å². The molecule has 51 heavy (non-hydrogen) atoms. The van der Waals surface area contributed by atoms with Crippen LogP contribution in [0.4, 0.5) is 11.6 Å². The number of hydrogen-bond donors (Lipinski definition) is 3. The minimum atomic E-state index is -0.987. The molecule has 5 heterocycles. The Morgan fingerprint density at radius 2 is 1.63 bits per heavy atom. The van der Waals surface area contributed by atoms with Crippen LogP contribution in [0.15, 0.2) is 38.7 Å². The van der Waals surface area contributed by atoms with Gasteiger partial charge in [0.1, 0.15) is 11.4 Å². The highest BCUT2D eigenvalue weighted by atomic mass is 79.9. The quantitative estimate of drug-likeness (QED) is 0.173. The van der Waals surface area contributed by atoms with Crippen molar-refractivity contribution >= 4 is 80.3 Å². The van der Waals surface area contributed by atoms with Gasteiger partial charge in [-0.2, -0.15) is 9.98 Å². The Hall–Kier alpha value is -2.47. The van der Waals surface area contributed by atoms with E-state index in [1.165, 1.54) is 12.6 Å². The van der Waals surface area contributed by atoms with E-state index in [0.29, 0.717) is 57.7 Å². The van der Waals surface area contributed by atoms with Crippen molar-refractivity contribution < 1.29 is 5.11 Å². The van der Waals surface area contributed by atoms with Crippen LogP contribution in [0.2, 0.25) is 0 Å². The zero-order valence-corrected chi connectivity index (χ0v) is 35.8. The number of allylic oxidation sites excluding steroid dienone is 1. The minimum Gasteiger partial charge on any atom is -0.391 e. The number of nitrogens with zero attached hydrogens (tertiary/aromatic N) is 8. The molecule has 0 radical (unpaired) electrons. The number of imidazole rings is 2. The number of aromatic nitrogens is 4. The molecule has 1 fully saturated rings. The third kappa shape index (κ3) is 8.36. The van der Waals surface area contributed by atoms with E-state index in [-0.39, 0.29) is 16.9 Å². The van der Waals surface area contributed by atoms with Crippen LogP contribution in [0.3, 0.4) is 0 Å². The summed E-state index contributed by atoms with van der Waals surface area (Å²) in [6.45, 7) is 28.0. The molecule has 11 nitrogen and oxygen atoms in total. The Balaban J connectivity index is 1.19. The van der Waals surface area contributed by atoms with Crippen molar-refractivity contribution in [2.75, 3.05) is 32.2 Å². The van der Waals surface area contributed by atoms with Crippen LogP contribution in [-0.4, -0.2) is 89.8 Å². The molecule has 3 aliphatic heterocycles. The lowest BCUT2D eigenvalue weighted by atomic mass is 9.81. The fraction of sp³-hybridized carbons (Fsp3) is 0.622. The minimum absolute atomic E-state index is 0.0229. The molecule has 3 aliphatic rings. The number of aliphatic hydroxyl groups is 1. The summed E-state index contributed by atoms with van der Waals surface area (Å²) < 4.78 is 5.16. The molecule has 280 valence electrons. The first-order chi connectivity index (χ1) is 23.8. The highest BCUT2D eigenvalue weighted by Crippen LogP contribution is 2.58. The summed E-state index contributed by atoms with van der Waals surface area (Å²) in [4.78, 5) is 23.1. The molecule has 5 N–H and O–H groups in total. The van der Waals surface area contributed by atoms with Crippen LogP contribution >= 0.6 is 39.1 Å². The molecule has 0 saturated carbocycles. The van der Waals surface area contributed by atoms with Gasteiger partial charge in [0.2, 0.25) is 11.9 Å². The van der Waals surface area contributed by atoms with Gasteiger partial charge in [-0.25, -0.2) is 9.97 Å². The smallest absolute Gasteiger partial charge is 0.203 e. The van der Waals surface area contributed by atoms with Crippen LogP contribution in [0, 0.1) is 17.3 Å². The molecule has 5 rings (SSSR count). The van der Waals surface area contributed by atoms with Gasteiger partial charge in [0.05, 0.1) is 36.4 Å². The van der Waals surface area contributed by atoms with Crippen molar-refractivity contribution in [3.8, 4) is 0 Å². The number of aliphatic hydroxyl groups excluding tert-OH is 1. The molecule has 2 unspecified atom stereocenters. The van der Waals surface area contributed by atoms with Crippen LogP contribution in [-0.2, 0) is 6.54 Å². The van der Waals surface area contributed by atoms with Crippen LogP contribution in [0.1, 0.15) is 91.5 Å². The number of aliphatic imine (C=N–C) groups is 2. The third-order valence-electron chi connectivity index (χ3n) is 11.1. The molecule has 2 aromatic heterocycles. The molecule has 3 atom stereocenters. The molecular formula is C37H58Br2N10OP+. The van der Waals surface area contributed by atoms with Gasteiger partial charge in [-0.15, -0.1) is 0 Å². The molecule has 0 aromatic carbocycles. The maximum atomic E-state index is 11.4. The Kier molecular flexibility index (Phi) is 11.8. The summed E-state index contributed by atoms with van der Waals surface area (Å²) >= 11 is 7.22. The van der Waals surface area contributed by atoms with Gasteiger partial charge in [-0.05, 0) is 89.1 Å². The first-order valence-electron chi connectivity index (χ1n) is 18.1. The summed E-state index contributed by atoms with van der Waals surface area (Å²) in [7, 11) is -0.987. The lowest BCUT2D eigenvalue weighted by Gasteiger charge is -2.42. The monoisotopic (exact) mass is 847 g/mol. The highest BCUT2D eigenvalue weighted by Gasteiger charge is 2.42. The van der Waals surface area contributed by atoms with Crippen molar-refractivity contribution in [1.29, 1.82) is 0 Å². The van der Waals surface area contributed by atoms with E-state index in [1.54, 1.807) is 0 Å². The largest absolute Gasteiger partial charge is 0.391 e. The summed E-state index contributed by atoms with van der Waals surface area (Å²) in [5, 5.41) is 11.4. The summed E-state index contributed by atoms with van der Waals surface area (Å²) in [6.07, 6.45) is 11.8. The number of guanidine groups is 2. The van der Waals surface area contributed by atoms with Crippen molar-refractivity contribution in [2.45, 2.75) is 98.3 Å². The Morgan fingerprint density at radius 3 is 2.31 bits per heavy atom. The van der Waals surface area contributed by atoms with E-state index >= 15 is 0 Å². The molecule has 0 amide bonds. The first kappa shape index (κ1) is 39.7. The molecular weight excluding hydrogens is 791 g/mol. The zero-order chi connectivity index (χ0) is 37.6. The van der Waals surface area contributed by atoms with Crippen molar-refractivity contribution in [1.82, 2.24) is 28.9 Å². The maximum absolute atomic E-state index is 11.4. The predicted molar refractivity (Wildman–Crippen MR) is 223 cm³/mol. The fourth-order valence-electron chi connectivity index (χ4n) is 7.77. The second kappa shape index (κ2) is 15.1. The summed E-state index contributed by atoms with van der Waals surface area (Å²) in [5.41, 5.74) is 15.8. The second-order valence-electron chi connectivity index (χ2n) is 16.6. The molecule has 14 heteroatoms. The average molecular weight is 850 g/mol. The SMILES string of the molecule is C=C1c2nc(Br)n(C[C@H](O)C3C[P+](C)(C)CCC3C)c2N=C(N)N1CCC(C)(C)CCCC(C)(C)N1C(=C)c2nc(Br)n(C=CCC)c2N=C1N. The van der Waals surface area contributed by atoms with Gasteiger partial charge >= 0.3 is 0 Å². The van der Waals surface area contributed by atoms with Gasteiger partial charge in [-0.1, -0.05) is 53.3 Å². The van der Waals surface area contributed by atoms with Crippen molar-refractivity contribution in [2.24, 2.45) is 38.7 Å². The molecule has 1 saturated heterocycles. The van der Waals surface area contributed by atoms with Gasteiger partial charge in [0, 0.05) is 44.8 Å². The summed E-state index contributed by atoms with van der Waals surface area (Å²) in [5.74, 6) is 2.93. The molecule has 0 spiro atoms. The van der Waals surface area contributed by atoms with Crippen LogP contribution in [0.25, 0.3) is 17.6 Å². The van der Waals surface area contributed by atoms with Gasteiger partial charge < -0.3 is 30.9 Å². The number of nitrogens with two attached hydrogens (primary N) is 2. The summed E-state index contributed by atoms with van der Waals surface area (Å²) in [6, 6.07) is 0. The van der Waals surface area contributed by atoms with E-state index in [2.05, 4.69) is 106 Å². The number of fused-ring (bicyclic) bond motifs is 2. The van der Waals surface area contributed by atoms with E-state index in [4.69, 9.17) is 31.4 Å². The second-order valence-corrected chi connectivity index (χ2v) is 22.7. The number of halogens is 2. The highest BCUT2D eigenvalue weighted by molar-refractivity contribution is 9.10. The molecule has 0 bridgehead atoms. The van der Waals surface area contributed by atoms with Crippen LogP contribution in [0.5, 0.6) is 0 Å². The Bertz CT molecular complexity index is 1750. The number of rotatable bonds is 13. The predicted octanol–water partition coefficient (Wildman–Crippen LogP) is 8.31. The maximum Gasteiger partial charge on any atom is 0.203 e. The molecule has 0 aliphatic carbocycles. The normalized spacial score (nSPS) is 21.5. The zero-order valence-electron chi connectivity index (χ0n) is 31.8. The Labute approximate surface area is 322 Å². The van der Waals surface area contributed by atoms with E-state index in [0.717, 1.165) is 55.4 Å². The van der Waals surface area contributed by atoms with Gasteiger partial charge in [-0.3, -0.25) is 4.57 Å². The lowest BCUT2D eigenvalue weighted by Crippen LogP contribution is -2.50. The van der Waals surface area contributed by atoms with Crippen molar-refractivity contribution in [3.05, 3.63) is 40.1 Å². The number of hydrogen-bond acceptors (Lipinski definition) is 9. The first-order valence-corrected chi connectivity index (χ1v) is 22.8. The third-order valence-corrected chi connectivity index (χ3v) is 15.1. The standard InChI is InChI=1S/C37H58Br2N10OP/c1-11-12-18-47-30-29(43-32(47)38)25(4)49(35(41)45-30)37(7,8)16-13-15-36(5,6)17-19-46-24(3)28-31(44-34(46)40)48(33(39)42-28)21-27(50)26-22-51(9,10)20-14-23(26)2/h12,18,23,26-27,50H,3-4,11,13-17,19-22H2,1-2,5-10H3,(H2,40,44)(H2,41,45)/q+1/t23?,26?,27-/m0/s1. The topological polar surface area (TPSA) is 139 Å².